The minimum Gasteiger partial charge on any atom is -0.282 e. The van der Waals surface area contributed by atoms with E-state index in [1.54, 1.807) is 0 Å². The van der Waals surface area contributed by atoms with E-state index < -0.39 is 0 Å². The molecule has 1 nitrogen and oxygen atoms in total. The highest BCUT2D eigenvalue weighted by atomic mass is 32.2. The van der Waals surface area contributed by atoms with Crippen molar-refractivity contribution >= 4 is 40.4 Å². The van der Waals surface area contributed by atoms with Crippen molar-refractivity contribution in [2.24, 2.45) is 0 Å². The second-order valence-corrected chi connectivity index (χ2v) is 6.17. The lowest BCUT2D eigenvalue weighted by molar-refractivity contribution is -0.107. The highest BCUT2D eigenvalue weighted by Gasteiger charge is 2.16. The van der Waals surface area contributed by atoms with E-state index >= 15 is 0 Å². The lowest BCUT2D eigenvalue weighted by Gasteiger charge is -2.03. The summed E-state index contributed by atoms with van der Waals surface area (Å²) < 4.78 is 0.662. The first-order valence-corrected chi connectivity index (χ1v) is 6.87. The quantitative estimate of drug-likeness (QED) is 0.690. The Labute approximate surface area is 91.8 Å². The van der Waals surface area contributed by atoms with Crippen LogP contribution in [0.25, 0.3) is 0 Å². The second kappa shape index (κ2) is 5.83. The van der Waals surface area contributed by atoms with Gasteiger partial charge < -0.3 is 0 Å². The maximum absolute atomic E-state index is 10.9. The van der Waals surface area contributed by atoms with Crippen molar-refractivity contribution < 1.29 is 4.79 Å². The van der Waals surface area contributed by atoms with Crippen LogP contribution in [0, 0.1) is 0 Å². The molecule has 1 atom stereocenters. The van der Waals surface area contributed by atoms with Crippen LogP contribution in [-0.2, 0) is 4.79 Å². The van der Waals surface area contributed by atoms with Gasteiger partial charge in [-0.05, 0) is 17.9 Å². The van der Waals surface area contributed by atoms with E-state index in [9.17, 15) is 4.79 Å². The molecular weight excluding hydrogens is 220 g/mol. The number of hydrogen-bond acceptors (Lipinski definition) is 4. The van der Waals surface area contributed by atoms with Gasteiger partial charge in [-0.15, -0.1) is 23.5 Å². The van der Waals surface area contributed by atoms with Crippen molar-refractivity contribution in [3.63, 3.8) is 0 Å². The van der Waals surface area contributed by atoms with Crippen LogP contribution in [0.1, 0.15) is 13.3 Å². The van der Waals surface area contributed by atoms with Crippen molar-refractivity contribution in [3.8, 4) is 0 Å². The van der Waals surface area contributed by atoms with Crippen LogP contribution in [0.4, 0.5) is 0 Å². The Balaban J connectivity index is 2.24. The third-order valence-electron chi connectivity index (χ3n) is 1.49. The summed E-state index contributed by atoms with van der Waals surface area (Å²) in [4.78, 5) is 12.2. The average Bonchev–Trinajstić information content (AvgIpc) is 2.61. The molecule has 0 aliphatic carbocycles. The SMILES string of the molecule is C=CC(=O)SCC1=CSC(CC)S1. The number of carbonyl (C=O) groups is 1. The third kappa shape index (κ3) is 3.83. The topological polar surface area (TPSA) is 17.1 Å². The highest BCUT2D eigenvalue weighted by molar-refractivity contribution is 8.24. The average molecular weight is 232 g/mol. The first-order valence-electron chi connectivity index (χ1n) is 4.06. The Morgan fingerprint density at radius 2 is 2.62 bits per heavy atom. The Morgan fingerprint density at radius 1 is 1.85 bits per heavy atom. The lowest BCUT2D eigenvalue weighted by atomic mass is 10.6. The van der Waals surface area contributed by atoms with Gasteiger partial charge in [0.05, 0.1) is 4.58 Å². The number of rotatable bonds is 4. The predicted molar refractivity (Wildman–Crippen MR) is 65.0 cm³/mol. The maximum atomic E-state index is 10.9. The summed E-state index contributed by atoms with van der Waals surface area (Å²) in [7, 11) is 0. The number of carbonyl (C=O) groups excluding carboxylic acids is 1. The fourth-order valence-electron chi connectivity index (χ4n) is 0.825. The van der Waals surface area contributed by atoms with E-state index in [1.807, 2.05) is 23.5 Å². The summed E-state index contributed by atoms with van der Waals surface area (Å²) in [6, 6.07) is 0. The molecule has 0 saturated heterocycles. The van der Waals surface area contributed by atoms with Crippen molar-refractivity contribution in [1.82, 2.24) is 0 Å². The lowest BCUT2D eigenvalue weighted by Crippen LogP contribution is -1.90. The first-order chi connectivity index (χ1) is 6.26. The van der Waals surface area contributed by atoms with Crippen LogP contribution in [0.3, 0.4) is 0 Å². The summed E-state index contributed by atoms with van der Waals surface area (Å²) in [5.41, 5.74) is 0. The van der Waals surface area contributed by atoms with Gasteiger partial charge in [-0.1, -0.05) is 25.3 Å². The van der Waals surface area contributed by atoms with Crippen molar-refractivity contribution in [1.29, 1.82) is 0 Å². The zero-order chi connectivity index (χ0) is 9.68. The van der Waals surface area contributed by atoms with Gasteiger partial charge in [0.25, 0.3) is 0 Å². The van der Waals surface area contributed by atoms with Crippen LogP contribution in [0.5, 0.6) is 0 Å². The van der Waals surface area contributed by atoms with Gasteiger partial charge in [0.2, 0.25) is 5.12 Å². The molecule has 4 heteroatoms. The van der Waals surface area contributed by atoms with Gasteiger partial charge >= 0.3 is 0 Å². The van der Waals surface area contributed by atoms with Crippen LogP contribution >= 0.6 is 35.3 Å². The van der Waals surface area contributed by atoms with E-state index in [0.717, 1.165) is 5.75 Å². The Hall–Kier alpha value is 0.200. The largest absolute Gasteiger partial charge is 0.282 e. The smallest absolute Gasteiger partial charge is 0.211 e. The fourth-order valence-corrected chi connectivity index (χ4v) is 4.10. The second-order valence-electron chi connectivity index (χ2n) is 2.49. The first kappa shape index (κ1) is 11.3. The Bertz CT molecular complexity index is 235. The predicted octanol–water partition coefficient (Wildman–Crippen LogP) is 3.49. The molecule has 0 aromatic carbocycles. The molecule has 0 spiro atoms. The third-order valence-corrected chi connectivity index (χ3v) is 5.57. The van der Waals surface area contributed by atoms with Crippen LogP contribution in [-0.4, -0.2) is 15.5 Å². The zero-order valence-electron chi connectivity index (χ0n) is 7.49. The van der Waals surface area contributed by atoms with E-state index in [0.29, 0.717) is 4.58 Å². The minimum absolute atomic E-state index is 0.0615. The molecule has 1 aliphatic heterocycles. The van der Waals surface area contributed by atoms with E-state index in [4.69, 9.17) is 0 Å². The molecule has 1 unspecified atom stereocenters. The molecule has 0 N–H and O–H groups in total. The zero-order valence-corrected chi connectivity index (χ0v) is 9.94. The molecule has 0 radical (unpaired) electrons. The minimum atomic E-state index is 0.0615. The van der Waals surface area contributed by atoms with Gasteiger partial charge in [-0.25, -0.2) is 0 Å². The summed E-state index contributed by atoms with van der Waals surface area (Å²) in [6.07, 6.45) is 2.55. The van der Waals surface area contributed by atoms with Gasteiger partial charge in [0.15, 0.2) is 0 Å². The maximum Gasteiger partial charge on any atom is 0.211 e. The molecule has 0 aromatic rings. The van der Waals surface area contributed by atoms with Crippen molar-refractivity contribution in [2.75, 3.05) is 5.75 Å². The molecule has 0 fully saturated rings. The molecule has 0 bridgehead atoms. The van der Waals surface area contributed by atoms with Crippen LogP contribution < -0.4 is 0 Å². The molecular formula is C9H12OS3. The van der Waals surface area contributed by atoms with Gasteiger partial charge in [-0.2, -0.15) is 0 Å². The van der Waals surface area contributed by atoms with Crippen molar-refractivity contribution in [2.45, 2.75) is 17.9 Å². The standard InChI is InChI=1S/C9H12OS3/c1-3-8(10)11-5-7-6-12-9(4-2)13-7/h3,6,9H,1,4-5H2,2H3. The van der Waals surface area contributed by atoms with E-state index in [-0.39, 0.29) is 5.12 Å². The van der Waals surface area contributed by atoms with Crippen molar-refractivity contribution in [3.05, 3.63) is 23.0 Å². The number of hydrogen-bond donors (Lipinski definition) is 0. The molecule has 0 saturated carbocycles. The normalized spacial score (nSPS) is 21.3. The van der Waals surface area contributed by atoms with Crippen LogP contribution in [0.2, 0.25) is 0 Å². The molecule has 72 valence electrons. The monoisotopic (exact) mass is 232 g/mol. The summed E-state index contributed by atoms with van der Waals surface area (Å²) >= 11 is 5.07. The molecule has 1 heterocycles. The van der Waals surface area contributed by atoms with Crippen LogP contribution in [0.15, 0.2) is 23.0 Å². The molecule has 13 heavy (non-hydrogen) atoms. The molecule has 1 rings (SSSR count). The van der Waals surface area contributed by atoms with Gasteiger partial charge in [0.1, 0.15) is 0 Å². The molecule has 0 amide bonds. The number of thioether (sulfide) groups is 3. The highest BCUT2D eigenvalue weighted by Crippen LogP contribution is 2.42. The van der Waals surface area contributed by atoms with Gasteiger partial charge in [-0.3, -0.25) is 4.79 Å². The Morgan fingerprint density at radius 3 is 3.15 bits per heavy atom. The molecule has 0 aromatic heterocycles. The van der Waals surface area contributed by atoms with E-state index in [1.165, 1.54) is 29.2 Å². The van der Waals surface area contributed by atoms with Gasteiger partial charge in [0, 0.05) is 10.7 Å². The molecule has 1 aliphatic rings. The summed E-state index contributed by atoms with van der Waals surface area (Å²) in [5.74, 6) is 0.805. The van der Waals surface area contributed by atoms with E-state index in [2.05, 4.69) is 18.9 Å². The summed E-state index contributed by atoms with van der Waals surface area (Å²) in [6.45, 7) is 5.62. The Kier molecular flexibility index (Phi) is 5.06. The fraction of sp³-hybridized carbons (Fsp3) is 0.444. The summed E-state index contributed by atoms with van der Waals surface area (Å²) in [5, 5.41) is 2.23.